The minimum Gasteiger partial charge on any atom is -0.544 e. The summed E-state index contributed by atoms with van der Waals surface area (Å²) in [5.74, 6) is -1.80. The van der Waals surface area contributed by atoms with E-state index in [1.807, 2.05) is 0 Å². The molecule has 0 aromatic rings. The van der Waals surface area contributed by atoms with Gasteiger partial charge in [0.2, 0.25) is 0 Å². The van der Waals surface area contributed by atoms with Crippen LogP contribution in [-0.2, 0) is 28.6 Å². The highest BCUT2D eigenvalue weighted by Gasteiger charge is 2.25. The van der Waals surface area contributed by atoms with E-state index < -0.39 is 18.1 Å². The lowest BCUT2D eigenvalue weighted by Crippen LogP contribution is -2.55. The maximum Gasteiger partial charge on any atom is 0.306 e. The van der Waals surface area contributed by atoms with E-state index >= 15 is 0 Å². The number of carboxylic acids is 1. The second-order valence-corrected chi connectivity index (χ2v) is 17.3. The van der Waals surface area contributed by atoms with Crippen LogP contribution >= 0.6 is 0 Å². The quantitative estimate of drug-likeness (QED) is 0.0260. The van der Waals surface area contributed by atoms with Gasteiger partial charge in [0, 0.05) is 19.3 Å². The lowest BCUT2D eigenvalue weighted by Gasteiger charge is -2.34. The molecule has 63 heavy (non-hydrogen) atoms. The molecule has 0 radical (unpaired) electrons. The fourth-order valence-corrected chi connectivity index (χ4v) is 6.63. The Labute approximate surface area is 386 Å². The zero-order valence-electron chi connectivity index (χ0n) is 40.7. The molecule has 2 atom stereocenters. The summed E-state index contributed by atoms with van der Waals surface area (Å²) in [6.07, 6.45) is 60.0. The summed E-state index contributed by atoms with van der Waals surface area (Å²) < 4.78 is 17.2. The molecule has 0 aromatic heterocycles. The third-order valence-corrected chi connectivity index (χ3v) is 10.5. The van der Waals surface area contributed by atoms with Gasteiger partial charge in [0.05, 0.1) is 40.3 Å². The number of hydrogen-bond acceptors (Lipinski definition) is 7. The van der Waals surface area contributed by atoms with Crippen LogP contribution in [0.2, 0.25) is 0 Å². The van der Waals surface area contributed by atoms with Crippen molar-refractivity contribution in [3.8, 4) is 0 Å². The molecule has 0 spiro atoms. The van der Waals surface area contributed by atoms with Gasteiger partial charge in [-0.1, -0.05) is 162 Å². The van der Waals surface area contributed by atoms with E-state index in [-0.39, 0.29) is 49.1 Å². The van der Waals surface area contributed by atoms with Gasteiger partial charge >= 0.3 is 11.9 Å². The van der Waals surface area contributed by atoms with E-state index in [1.165, 1.54) is 51.4 Å². The molecular weight excluding hydrogens is 787 g/mol. The number of unbranched alkanes of at least 4 members (excludes halogenated alkanes) is 13. The van der Waals surface area contributed by atoms with E-state index in [4.69, 9.17) is 14.2 Å². The molecule has 0 aliphatic carbocycles. The maximum absolute atomic E-state index is 12.8. The largest absolute Gasteiger partial charge is 0.544 e. The first-order valence-electron chi connectivity index (χ1n) is 24.8. The highest BCUT2D eigenvalue weighted by Crippen LogP contribution is 2.13. The van der Waals surface area contributed by atoms with Gasteiger partial charge in [-0.25, -0.2) is 0 Å². The van der Waals surface area contributed by atoms with Crippen molar-refractivity contribution in [2.45, 2.75) is 193 Å². The molecule has 0 amide bonds. The smallest absolute Gasteiger partial charge is 0.306 e. The number of nitrogens with zero attached hydrogens (tertiary/aromatic N) is 1. The maximum atomic E-state index is 12.8. The molecule has 8 heteroatoms. The number of quaternary nitrogens is 1. The van der Waals surface area contributed by atoms with Crippen molar-refractivity contribution in [1.29, 1.82) is 0 Å². The lowest BCUT2D eigenvalue weighted by atomic mass is 10.1. The van der Waals surface area contributed by atoms with E-state index in [2.05, 4.69) is 111 Å². The molecule has 0 saturated carbocycles. The fourth-order valence-electron chi connectivity index (χ4n) is 6.63. The van der Waals surface area contributed by atoms with E-state index in [0.717, 1.165) is 89.9 Å². The number of aliphatic carboxylic acids is 1. The number of allylic oxidation sites excluding steroid dienone is 16. The van der Waals surface area contributed by atoms with Crippen molar-refractivity contribution in [3.05, 3.63) is 97.2 Å². The Morgan fingerprint density at radius 3 is 1.33 bits per heavy atom. The van der Waals surface area contributed by atoms with Crippen LogP contribution < -0.4 is 5.11 Å². The van der Waals surface area contributed by atoms with Gasteiger partial charge in [-0.3, -0.25) is 9.59 Å². The first-order chi connectivity index (χ1) is 30.6. The molecule has 0 aliphatic heterocycles. The number of ether oxygens (including phenoxy) is 3. The highest BCUT2D eigenvalue weighted by molar-refractivity contribution is 5.70. The third kappa shape index (κ3) is 43.3. The summed E-state index contributed by atoms with van der Waals surface area (Å²) in [6.45, 7) is 4.47. The molecule has 0 aromatic carbocycles. The number of rotatable bonds is 43. The Bertz CT molecular complexity index is 1350. The molecule has 0 rings (SSSR count). The number of carbonyl (C=O) groups is 3. The average molecular weight is 878 g/mol. The van der Waals surface area contributed by atoms with Gasteiger partial charge in [0.15, 0.2) is 6.10 Å². The van der Waals surface area contributed by atoms with Gasteiger partial charge in [0.25, 0.3) is 0 Å². The standard InChI is InChI=1S/C55H91NO7/c1-6-8-10-12-14-16-18-20-22-24-25-26-27-28-30-32-34-36-38-40-42-44-46-54(58)63-51(49-61-48-47-52(55(59)60)56(3,4)5)50-62-53(57)45-43-41-39-37-35-33-31-29-23-21-19-17-15-13-11-9-7-2/h8,10,14-17,20-23,25-26,28,30,34,36,51-52H,6-7,9,11-13,18-19,24,27,29,31-33,35,37-50H2,1-5H3/b10-8+,16-14+,17-15+,22-20+,23-21+,26-25+,30-28+,36-34+. The van der Waals surface area contributed by atoms with Gasteiger partial charge in [-0.15, -0.1) is 0 Å². The summed E-state index contributed by atoms with van der Waals surface area (Å²) in [5, 5.41) is 11.7. The van der Waals surface area contributed by atoms with Crippen LogP contribution in [0.1, 0.15) is 181 Å². The van der Waals surface area contributed by atoms with Gasteiger partial charge in [-0.2, -0.15) is 0 Å². The molecule has 2 unspecified atom stereocenters. The topological polar surface area (TPSA) is 102 Å². The SMILES string of the molecule is CC/C=C/C/C=C/C/C=C/C/C=C/C/C=C/C/C=C/CCCCCC(=O)OC(COCCC(C(=O)[O-])[N+](C)(C)C)COC(=O)CCCCCCCCC/C=C/C/C=C/CCCCC. The van der Waals surface area contributed by atoms with Gasteiger partial charge in [-0.05, 0) is 96.3 Å². The molecule has 0 heterocycles. The normalized spacial score (nSPS) is 13.7. The van der Waals surface area contributed by atoms with Crippen LogP contribution in [0.5, 0.6) is 0 Å². The zero-order chi connectivity index (χ0) is 46.3. The van der Waals surface area contributed by atoms with Crippen LogP contribution in [-0.4, -0.2) is 75.5 Å². The summed E-state index contributed by atoms with van der Waals surface area (Å²) in [5.41, 5.74) is 0. The summed E-state index contributed by atoms with van der Waals surface area (Å²) in [7, 11) is 5.39. The van der Waals surface area contributed by atoms with Crippen molar-refractivity contribution in [2.75, 3.05) is 41.0 Å². The monoisotopic (exact) mass is 878 g/mol. The lowest BCUT2D eigenvalue weighted by molar-refractivity contribution is -0.889. The van der Waals surface area contributed by atoms with E-state index in [0.29, 0.717) is 12.8 Å². The fraction of sp³-hybridized carbons (Fsp3) is 0.655. The minimum atomic E-state index is -1.14. The van der Waals surface area contributed by atoms with Crippen LogP contribution in [0.3, 0.4) is 0 Å². The molecule has 0 fully saturated rings. The minimum absolute atomic E-state index is 0.0184. The Hall–Kier alpha value is -3.75. The molecule has 358 valence electrons. The average Bonchev–Trinajstić information content (AvgIpc) is 3.24. The number of hydrogen-bond donors (Lipinski definition) is 0. The second-order valence-electron chi connectivity index (χ2n) is 17.3. The number of carboxylic acid groups (broad SMARTS) is 1. The molecule has 0 aliphatic rings. The molecule has 8 nitrogen and oxygen atoms in total. The Morgan fingerprint density at radius 1 is 0.492 bits per heavy atom. The number of carbonyl (C=O) groups excluding carboxylic acids is 3. The molecule has 0 N–H and O–H groups in total. The van der Waals surface area contributed by atoms with Crippen LogP contribution in [0.15, 0.2) is 97.2 Å². The van der Waals surface area contributed by atoms with E-state index in [9.17, 15) is 19.5 Å². The Balaban J connectivity index is 4.39. The Morgan fingerprint density at radius 2 is 0.889 bits per heavy atom. The highest BCUT2D eigenvalue weighted by atomic mass is 16.6. The molecule has 0 saturated heterocycles. The molecule has 0 bridgehead atoms. The number of esters is 2. The summed E-state index contributed by atoms with van der Waals surface area (Å²) >= 11 is 0. The van der Waals surface area contributed by atoms with Crippen molar-refractivity contribution >= 4 is 17.9 Å². The Kier molecular flexibility index (Phi) is 42.2. The van der Waals surface area contributed by atoms with Crippen LogP contribution in [0.4, 0.5) is 0 Å². The molecular formula is C55H91NO7. The van der Waals surface area contributed by atoms with Gasteiger partial charge < -0.3 is 28.6 Å². The zero-order valence-corrected chi connectivity index (χ0v) is 40.7. The summed E-state index contributed by atoms with van der Waals surface area (Å²) in [4.78, 5) is 37.0. The van der Waals surface area contributed by atoms with Crippen LogP contribution in [0, 0.1) is 0 Å². The van der Waals surface area contributed by atoms with E-state index in [1.54, 1.807) is 21.1 Å². The second kappa shape index (κ2) is 44.8. The van der Waals surface area contributed by atoms with Crippen molar-refractivity contribution < 1.29 is 38.2 Å². The third-order valence-electron chi connectivity index (χ3n) is 10.5. The first-order valence-corrected chi connectivity index (χ1v) is 24.8. The van der Waals surface area contributed by atoms with Crippen molar-refractivity contribution in [2.24, 2.45) is 0 Å². The first kappa shape index (κ1) is 59.2. The van der Waals surface area contributed by atoms with Crippen molar-refractivity contribution in [1.82, 2.24) is 0 Å². The van der Waals surface area contributed by atoms with Crippen molar-refractivity contribution in [3.63, 3.8) is 0 Å². The number of likely N-dealkylation sites (N-methyl/N-ethyl adjacent to an activating group) is 1. The van der Waals surface area contributed by atoms with Gasteiger partial charge in [0.1, 0.15) is 12.6 Å². The predicted octanol–water partition coefficient (Wildman–Crippen LogP) is 12.9. The predicted molar refractivity (Wildman–Crippen MR) is 263 cm³/mol. The summed E-state index contributed by atoms with van der Waals surface area (Å²) in [6, 6.07) is -0.740. The van der Waals surface area contributed by atoms with Crippen LogP contribution in [0.25, 0.3) is 0 Å².